The van der Waals surface area contributed by atoms with Gasteiger partial charge in [0.2, 0.25) is 21.7 Å². The second kappa shape index (κ2) is 8.10. The molecule has 0 aliphatic heterocycles. The molecule has 9 nitrogen and oxygen atoms in total. The maximum Gasteiger partial charge on any atom is 0.289 e. The number of rotatable bonds is 7. The average Bonchev–Trinajstić information content (AvgIpc) is 3.16. The van der Waals surface area contributed by atoms with E-state index >= 15 is 0 Å². The highest BCUT2D eigenvalue weighted by Crippen LogP contribution is 2.27. The Labute approximate surface area is 168 Å². The first-order valence-corrected chi connectivity index (χ1v) is 10.3. The molecular formula is C19H20N4O5S. The Kier molecular flexibility index (Phi) is 5.76. The number of aromatic nitrogens is 2. The summed E-state index contributed by atoms with van der Waals surface area (Å²) in [6.07, 6.45) is 0. The van der Waals surface area contributed by atoms with Gasteiger partial charge in [-0.05, 0) is 17.5 Å². The number of nitro groups is 1. The van der Waals surface area contributed by atoms with Crippen LogP contribution in [0.1, 0.15) is 31.2 Å². The summed E-state index contributed by atoms with van der Waals surface area (Å²) in [6, 6.07) is 12.9. The van der Waals surface area contributed by atoms with Gasteiger partial charge < -0.3 is 4.52 Å². The van der Waals surface area contributed by atoms with E-state index in [1.54, 1.807) is 0 Å². The van der Waals surface area contributed by atoms with Crippen LogP contribution in [0.2, 0.25) is 0 Å². The van der Waals surface area contributed by atoms with Gasteiger partial charge in [-0.25, -0.2) is 8.42 Å². The maximum absolute atomic E-state index is 12.8. The van der Waals surface area contributed by atoms with E-state index in [0.29, 0.717) is 11.7 Å². The lowest BCUT2D eigenvalue weighted by atomic mass is 10.0. The molecule has 0 N–H and O–H groups in total. The number of nitro benzene ring substituents is 1. The second-order valence-corrected chi connectivity index (χ2v) is 8.79. The fraction of sp³-hybridized carbons (Fsp3) is 0.263. The van der Waals surface area contributed by atoms with Gasteiger partial charge in [-0.3, -0.25) is 10.1 Å². The summed E-state index contributed by atoms with van der Waals surface area (Å²) < 4.78 is 31.7. The molecule has 10 heteroatoms. The van der Waals surface area contributed by atoms with Crippen LogP contribution in [0, 0.1) is 10.1 Å². The van der Waals surface area contributed by atoms with Crippen LogP contribution in [0.5, 0.6) is 0 Å². The highest BCUT2D eigenvalue weighted by Gasteiger charge is 2.30. The third-order valence-electron chi connectivity index (χ3n) is 4.41. The monoisotopic (exact) mass is 416 g/mol. The molecule has 3 rings (SSSR count). The van der Waals surface area contributed by atoms with E-state index in [0.717, 1.165) is 15.9 Å². The molecule has 0 atom stereocenters. The van der Waals surface area contributed by atoms with Crippen molar-refractivity contribution < 1.29 is 17.9 Å². The second-order valence-electron chi connectivity index (χ2n) is 6.77. The molecule has 0 saturated heterocycles. The van der Waals surface area contributed by atoms with Crippen molar-refractivity contribution >= 4 is 15.7 Å². The summed E-state index contributed by atoms with van der Waals surface area (Å²) in [5.74, 6) is 0.815. The summed E-state index contributed by atoms with van der Waals surface area (Å²) >= 11 is 0. The molecule has 3 aromatic rings. The molecule has 0 aliphatic carbocycles. The van der Waals surface area contributed by atoms with Crippen LogP contribution in [-0.4, -0.2) is 34.8 Å². The molecule has 0 fully saturated rings. The molecule has 0 spiro atoms. The Bertz CT molecular complexity index is 1120. The van der Waals surface area contributed by atoms with Gasteiger partial charge in [0.05, 0.1) is 11.5 Å². The predicted octanol–water partition coefficient (Wildman–Crippen LogP) is 3.59. The van der Waals surface area contributed by atoms with E-state index in [9.17, 15) is 18.5 Å². The van der Waals surface area contributed by atoms with Gasteiger partial charge >= 0.3 is 0 Å². The fourth-order valence-corrected chi connectivity index (χ4v) is 4.00. The zero-order valence-electron chi connectivity index (χ0n) is 16.1. The number of hydrogen-bond donors (Lipinski definition) is 0. The Balaban J connectivity index is 1.81. The van der Waals surface area contributed by atoms with Crippen LogP contribution < -0.4 is 0 Å². The molecule has 0 aliphatic rings. The minimum atomic E-state index is -4.12. The summed E-state index contributed by atoms with van der Waals surface area (Å²) in [5.41, 5.74) is 1.43. The highest BCUT2D eigenvalue weighted by atomic mass is 32.2. The molecule has 1 heterocycles. The standard InChI is InChI=1S/C19H20N4O5S/c1-13(2)14-8-10-15(11-9-14)19-20-18(28-21-19)12-22(3)29(26,27)17-7-5-4-6-16(17)23(24)25/h4-11,13H,12H2,1-3H3. The maximum atomic E-state index is 12.8. The van der Waals surface area contributed by atoms with Crippen molar-refractivity contribution in [2.24, 2.45) is 0 Å². The number of sulfonamides is 1. The van der Waals surface area contributed by atoms with Crippen molar-refractivity contribution in [3.63, 3.8) is 0 Å². The third-order valence-corrected chi connectivity index (χ3v) is 6.26. The number of benzene rings is 2. The lowest BCUT2D eigenvalue weighted by Crippen LogP contribution is -2.27. The van der Waals surface area contributed by atoms with E-state index in [4.69, 9.17) is 4.52 Å². The van der Waals surface area contributed by atoms with Crippen LogP contribution in [0.4, 0.5) is 5.69 Å². The highest BCUT2D eigenvalue weighted by molar-refractivity contribution is 7.89. The van der Waals surface area contributed by atoms with Crippen LogP contribution in [-0.2, 0) is 16.6 Å². The quantitative estimate of drug-likeness (QED) is 0.426. The van der Waals surface area contributed by atoms with Crippen LogP contribution >= 0.6 is 0 Å². The largest absolute Gasteiger partial charge is 0.338 e. The zero-order valence-corrected chi connectivity index (χ0v) is 17.0. The SMILES string of the molecule is CC(C)c1ccc(-c2noc(CN(C)S(=O)(=O)c3ccccc3[N+](=O)[O-])n2)cc1. The van der Waals surface area contributed by atoms with Gasteiger partial charge in [-0.15, -0.1) is 0 Å². The first-order valence-electron chi connectivity index (χ1n) is 8.83. The molecule has 29 heavy (non-hydrogen) atoms. The average molecular weight is 416 g/mol. The summed E-state index contributed by atoms with van der Waals surface area (Å²) in [4.78, 5) is 14.3. The number of para-hydroxylation sites is 1. The smallest absolute Gasteiger partial charge is 0.289 e. The van der Waals surface area contributed by atoms with Gasteiger partial charge in [0.15, 0.2) is 4.90 Å². The Morgan fingerprint density at radius 3 is 2.41 bits per heavy atom. The molecule has 0 saturated carbocycles. The molecule has 0 unspecified atom stereocenters. The van der Waals surface area contributed by atoms with Crippen LogP contribution in [0.3, 0.4) is 0 Å². The minimum Gasteiger partial charge on any atom is -0.338 e. The first-order chi connectivity index (χ1) is 13.7. The topological polar surface area (TPSA) is 119 Å². The Morgan fingerprint density at radius 2 is 1.79 bits per heavy atom. The van der Waals surface area contributed by atoms with Gasteiger partial charge in [-0.1, -0.05) is 55.4 Å². The number of nitrogens with zero attached hydrogens (tertiary/aromatic N) is 4. The van der Waals surface area contributed by atoms with Crippen LogP contribution in [0.15, 0.2) is 57.9 Å². The van der Waals surface area contributed by atoms with Crippen molar-refractivity contribution in [2.75, 3.05) is 7.05 Å². The van der Waals surface area contributed by atoms with Crippen molar-refractivity contribution in [1.29, 1.82) is 0 Å². The van der Waals surface area contributed by atoms with E-state index in [2.05, 4.69) is 24.0 Å². The molecule has 0 radical (unpaired) electrons. The van der Waals surface area contributed by atoms with Gasteiger partial charge in [-0.2, -0.15) is 9.29 Å². The van der Waals surface area contributed by atoms with Gasteiger partial charge in [0, 0.05) is 18.7 Å². The summed E-state index contributed by atoms with van der Waals surface area (Å²) in [5, 5.41) is 15.1. The van der Waals surface area contributed by atoms with Crippen LogP contribution in [0.25, 0.3) is 11.4 Å². The molecule has 0 amide bonds. The first kappa shape index (κ1) is 20.6. The summed E-state index contributed by atoms with van der Waals surface area (Å²) in [6.45, 7) is 3.97. The lowest BCUT2D eigenvalue weighted by molar-refractivity contribution is -0.387. The summed E-state index contributed by atoms with van der Waals surface area (Å²) in [7, 11) is -2.82. The fourth-order valence-electron chi connectivity index (χ4n) is 2.72. The normalized spacial score (nSPS) is 11.9. The van der Waals surface area contributed by atoms with Crippen molar-refractivity contribution in [3.8, 4) is 11.4 Å². The molecule has 152 valence electrons. The van der Waals surface area contributed by atoms with Gasteiger partial charge in [0.25, 0.3) is 5.69 Å². The minimum absolute atomic E-state index is 0.0811. The predicted molar refractivity (Wildman–Crippen MR) is 106 cm³/mol. The molecule has 1 aromatic heterocycles. The molecular weight excluding hydrogens is 396 g/mol. The van der Waals surface area contributed by atoms with Gasteiger partial charge in [0.1, 0.15) is 0 Å². The molecule has 2 aromatic carbocycles. The van der Waals surface area contributed by atoms with E-state index in [1.807, 2.05) is 24.3 Å². The van der Waals surface area contributed by atoms with E-state index < -0.39 is 25.5 Å². The van der Waals surface area contributed by atoms with E-state index in [-0.39, 0.29) is 12.4 Å². The third kappa shape index (κ3) is 4.33. The number of hydrogen-bond acceptors (Lipinski definition) is 7. The Hall–Kier alpha value is -3.11. The van der Waals surface area contributed by atoms with Crippen molar-refractivity contribution in [2.45, 2.75) is 31.2 Å². The van der Waals surface area contributed by atoms with E-state index in [1.165, 1.54) is 30.8 Å². The van der Waals surface area contributed by atoms with Crippen molar-refractivity contribution in [1.82, 2.24) is 14.4 Å². The molecule has 0 bridgehead atoms. The Morgan fingerprint density at radius 1 is 1.14 bits per heavy atom. The van der Waals surface area contributed by atoms with Crippen molar-refractivity contribution in [3.05, 3.63) is 70.1 Å². The lowest BCUT2D eigenvalue weighted by Gasteiger charge is -2.14. The zero-order chi connectivity index (χ0) is 21.2.